The van der Waals surface area contributed by atoms with Crippen LogP contribution in [0.3, 0.4) is 0 Å². The maximum Gasteiger partial charge on any atom is 0.417 e. The zero-order chi connectivity index (χ0) is 27.4. The molecule has 196 valence electrons. The Bertz CT molecular complexity index is 1140. The van der Waals surface area contributed by atoms with E-state index in [1.54, 1.807) is 6.92 Å². The van der Waals surface area contributed by atoms with Crippen molar-refractivity contribution < 1.29 is 35.9 Å². The highest BCUT2D eigenvalue weighted by Gasteiger charge is 2.40. The number of nitrogens with one attached hydrogen (secondary N) is 2. The quantitative estimate of drug-likeness (QED) is 0.203. The highest BCUT2D eigenvalue weighted by Crippen LogP contribution is 2.41. The van der Waals surface area contributed by atoms with Gasteiger partial charge in [-0.1, -0.05) is 59.9 Å². The molecular weight excluding hydrogens is 557 g/mol. The molecule has 1 unspecified atom stereocenters. The summed E-state index contributed by atoms with van der Waals surface area (Å²) in [6.07, 6.45) is -9.20. The van der Waals surface area contributed by atoms with E-state index in [1.807, 2.05) is 0 Å². The summed E-state index contributed by atoms with van der Waals surface area (Å²) in [6, 6.07) is 4.38. The molecule has 2 aromatic rings. The van der Waals surface area contributed by atoms with Gasteiger partial charge in [-0.15, -0.1) is 0 Å². The highest BCUT2D eigenvalue weighted by molar-refractivity contribution is 6.48. The fourth-order valence-electron chi connectivity index (χ4n) is 3.12. The van der Waals surface area contributed by atoms with Crippen LogP contribution in [0.15, 0.2) is 36.4 Å². The summed E-state index contributed by atoms with van der Waals surface area (Å²) in [4.78, 5) is 23.8. The number of carbonyl (C=O) groups is 2. The van der Waals surface area contributed by atoms with Crippen molar-refractivity contribution in [3.8, 4) is 0 Å². The molecule has 0 aliphatic carbocycles. The van der Waals surface area contributed by atoms with Crippen molar-refractivity contribution in [2.24, 2.45) is 0 Å². The Hall–Kier alpha value is -2.43. The van der Waals surface area contributed by atoms with Gasteiger partial charge in [0.05, 0.1) is 38.3 Å². The Morgan fingerprint density at radius 2 is 1.56 bits per heavy atom. The average Bonchev–Trinajstić information content (AvgIpc) is 2.75. The van der Waals surface area contributed by atoms with Gasteiger partial charge in [0.25, 0.3) is 5.91 Å². The van der Waals surface area contributed by atoms with Crippen LogP contribution in [0, 0.1) is 0 Å². The first-order valence-electron chi connectivity index (χ1n) is 10.2. The first kappa shape index (κ1) is 29.8. The zero-order valence-corrected chi connectivity index (χ0v) is 20.9. The van der Waals surface area contributed by atoms with Crippen LogP contribution in [0.2, 0.25) is 15.1 Å². The summed E-state index contributed by atoms with van der Waals surface area (Å²) in [6.45, 7) is 2.92. The Labute approximate surface area is 217 Å². The van der Waals surface area contributed by atoms with Crippen LogP contribution < -0.4 is 10.6 Å². The molecule has 0 heterocycles. The van der Waals surface area contributed by atoms with Crippen LogP contribution in [-0.2, 0) is 11.0 Å². The van der Waals surface area contributed by atoms with E-state index in [4.69, 9.17) is 34.8 Å². The summed E-state index contributed by atoms with van der Waals surface area (Å²) in [5.74, 6) is -3.81. The SMILES string of the molecule is CCC(=O)N[C@@H](C)NC(=O)c1ccc(/C=C/C(c2cc(Cl)c(Cl)c(Cl)c2)C(F)(F)F)cc1C(F)(F)F. The van der Waals surface area contributed by atoms with E-state index in [-0.39, 0.29) is 32.6 Å². The minimum absolute atomic E-state index is 0.0996. The minimum Gasteiger partial charge on any atom is -0.336 e. The van der Waals surface area contributed by atoms with Crippen molar-refractivity contribution in [1.82, 2.24) is 10.6 Å². The fourth-order valence-corrected chi connectivity index (χ4v) is 3.74. The standard InChI is InChI=1S/C23H19Cl3F6N2O2/c1-3-19(35)33-11(2)34-21(36)14-6-4-12(8-16(14)23(30,31)32)5-7-15(22(27,28)29)13-9-17(24)20(26)18(25)10-13/h4-11,15H,3H2,1-2H3,(H,33,35)(H,34,36)/b7-5+/t11-,15?/m1/s1. The van der Waals surface area contributed by atoms with E-state index in [0.29, 0.717) is 12.1 Å². The first-order valence-corrected chi connectivity index (χ1v) is 11.4. The van der Waals surface area contributed by atoms with E-state index < -0.39 is 47.4 Å². The molecule has 2 aromatic carbocycles. The lowest BCUT2D eigenvalue weighted by atomic mass is 9.96. The molecule has 0 aliphatic rings. The van der Waals surface area contributed by atoms with Gasteiger partial charge in [-0.25, -0.2) is 0 Å². The molecule has 0 saturated carbocycles. The van der Waals surface area contributed by atoms with E-state index in [2.05, 4.69) is 10.6 Å². The molecular formula is C23H19Cl3F6N2O2. The van der Waals surface area contributed by atoms with Crippen molar-refractivity contribution in [2.45, 2.75) is 44.7 Å². The lowest BCUT2D eigenvalue weighted by Crippen LogP contribution is -2.46. The normalized spacial score (nSPS) is 14.0. The number of halogens is 9. The zero-order valence-electron chi connectivity index (χ0n) is 18.6. The maximum absolute atomic E-state index is 13.7. The van der Waals surface area contributed by atoms with Crippen LogP contribution >= 0.6 is 34.8 Å². The molecule has 0 fully saturated rings. The summed E-state index contributed by atoms with van der Waals surface area (Å²) in [7, 11) is 0. The van der Waals surface area contributed by atoms with Gasteiger partial charge >= 0.3 is 12.4 Å². The van der Waals surface area contributed by atoms with Crippen molar-refractivity contribution >= 4 is 52.7 Å². The van der Waals surface area contributed by atoms with Gasteiger partial charge in [0.15, 0.2) is 0 Å². The summed E-state index contributed by atoms with van der Waals surface area (Å²) in [5, 5.41) is 4.02. The van der Waals surface area contributed by atoms with Gasteiger partial charge in [0.1, 0.15) is 0 Å². The lowest BCUT2D eigenvalue weighted by Gasteiger charge is -2.19. The predicted octanol–water partition coefficient (Wildman–Crippen LogP) is 7.63. The van der Waals surface area contributed by atoms with Crippen molar-refractivity contribution in [1.29, 1.82) is 0 Å². The number of allylic oxidation sites excluding steroid dienone is 1. The third kappa shape index (κ3) is 7.78. The number of rotatable bonds is 7. The molecule has 0 spiro atoms. The number of hydrogen-bond acceptors (Lipinski definition) is 2. The van der Waals surface area contributed by atoms with E-state index in [9.17, 15) is 35.9 Å². The van der Waals surface area contributed by atoms with Gasteiger partial charge in [-0.05, 0) is 42.3 Å². The Kier molecular flexibility index (Phi) is 9.72. The van der Waals surface area contributed by atoms with Gasteiger partial charge in [-0.3, -0.25) is 9.59 Å². The molecule has 2 N–H and O–H groups in total. The number of benzene rings is 2. The number of alkyl halides is 6. The van der Waals surface area contributed by atoms with E-state index >= 15 is 0 Å². The molecule has 36 heavy (non-hydrogen) atoms. The van der Waals surface area contributed by atoms with Crippen molar-refractivity contribution in [3.05, 3.63) is 73.7 Å². The molecule has 0 saturated heterocycles. The molecule has 0 aliphatic heterocycles. The predicted molar refractivity (Wildman–Crippen MR) is 126 cm³/mol. The number of hydrogen-bond donors (Lipinski definition) is 2. The van der Waals surface area contributed by atoms with E-state index in [0.717, 1.165) is 30.3 Å². The third-order valence-electron chi connectivity index (χ3n) is 4.84. The summed E-state index contributed by atoms with van der Waals surface area (Å²) >= 11 is 17.4. The summed E-state index contributed by atoms with van der Waals surface area (Å²) in [5.41, 5.74) is -2.74. The second kappa shape index (κ2) is 11.7. The van der Waals surface area contributed by atoms with Crippen LogP contribution in [0.25, 0.3) is 6.08 Å². The second-order valence-corrected chi connectivity index (χ2v) is 8.79. The molecule has 2 rings (SSSR count). The molecule has 2 atom stereocenters. The van der Waals surface area contributed by atoms with Gasteiger partial charge in [-0.2, -0.15) is 26.3 Å². The molecule has 13 heteroatoms. The third-order valence-corrected chi connectivity index (χ3v) is 6.04. The Balaban J connectivity index is 2.43. The van der Waals surface area contributed by atoms with Gasteiger partial charge < -0.3 is 10.6 Å². The minimum atomic E-state index is -4.99. The van der Waals surface area contributed by atoms with Crippen LogP contribution in [0.1, 0.15) is 53.2 Å². The topological polar surface area (TPSA) is 58.2 Å². The molecule has 0 aromatic heterocycles. The second-order valence-electron chi connectivity index (χ2n) is 7.60. The monoisotopic (exact) mass is 574 g/mol. The van der Waals surface area contributed by atoms with Crippen LogP contribution in [0.5, 0.6) is 0 Å². The van der Waals surface area contributed by atoms with Crippen LogP contribution in [0.4, 0.5) is 26.3 Å². The number of amides is 2. The average molecular weight is 576 g/mol. The number of carbonyl (C=O) groups excluding carboxylic acids is 2. The summed E-state index contributed by atoms with van der Waals surface area (Å²) < 4.78 is 82.2. The molecule has 2 amide bonds. The highest BCUT2D eigenvalue weighted by atomic mass is 35.5. The van der Waals surface area contributed by atoms with Crippen LogP contribution in [-0.4, -0.2) is 24.2 Å². The maximum atomic E-state index is 13.7. The fraction of sp³-hybridized carbons (Fsp3) is 0.304. The lowest BCUT2D eigenvalue weighted by molar-refractivity contribution is -0.139. The molecule has 0 bridgehead atoms. The Morgan fingerprint density at radius 3 is 2.06 bits per heavy atom. The van der Waals surface area contributed by atoms with Gasteiger partial charge in [0.2, 0.25) is 5.91 Å². The first-order chi connectivity index (χ1) is 16.5. The molecule has 0 radical (unpaired) electrons. The largest absolute Gasteiger partial charge is 0.417 e. The Morgan fingerprint density at radius 1 is 0.972 bits per heavy atom. The van der Waals surface area contributed by atoms with E-state index in [1.165, 1.54) is 6.92 Å². The smallest absolute Gasteiger partial charge is 0.336 e. The molecule has 4 nitrogen and oxygen atoms in total. The van der Waals surface area contributed by atoms with Crippen molar-refractivity contribution in [2.75, 3.05) is 0 Å². The van der Waals surface area contributed by atoms with Gasteiger partial charge in [0, 0.05) is 6.42 Å². The van der Waals surface area contributed by atoms with Crippen molar-refractivity contribution in [3.63, 3.8) is 0 Å².